The number of aromatic nitrogens is 1. The molecule has 2 N–H and O–H groups in total. The molecule has 0 saturated heterocycles. The van der Waals surface area contributed by atoms with E-state index in [1.807, 2.05) is 54.6 Å². The second-order valence-electron chi connectivity index (χ2n) is 8.19. The molecule has 0 fully saturated rings. The van der Waals surface area contributed by atoms with Crippen molar-refractivity contribution in [1.29, 1.82) is 5.26 Å². The summed E-state index contributed by atoms with van der Waals surface area (Å²) in [5.41, 5.74) is 3.85. The van der Waals surface area contributed by atoms with Gasteiger partial charge in [0.05, 0.1) is 11.8 Å². The van der Waals surface area contributed by atoms with Crippen molar-refractivity contribution in [3.63, 3.8) is 0 Å². The summed E-state index contributed by atoms with van der Waals surface area (Å²) >= 11 is 0. The van der Waals surface area contributed by atoms with Gasteiger partial charge in [-0.05, 0) is 30.5 Å². The molecule has 0 radical (unpaired) electrons. The predicted molar refractivity (Wildman–Crippen MR) is 130 cm³/mol. The van der Waals surface area contributed by atoms with Crippen LogP contribution in [0.5, 0.6) is 17.2 Å². The SMILES string of the molecule is N#CCCCCn1c(-c2ccccc2)c(/C=C2/Oc3cc(O)cc(O)c3C2=O)c2ccccc21. The van der Waals surface area contributed by atoms with Crippen molar-refractivity contribution in [3.05, 3.63) is 83.6 Å². The quantitative estimate of drug-likeness (QED) is 0.276. The first-order valence-electron chi connectivity index (χ1n) is 11.1. The number of hydrogen-bond acceptors (Lipinski definition) is 5. The minimum Gasteiger partial charge on any atom is -0.508 e. The van der Waals surface area contributed by atoms with E-state index in [0.717, 1.165) is 53.2 Å². The minimum atomic E-state index is -0.433. The number of Topliss-reactive ketones (excluding diaryl/α,β-unsaturated/α-hetero) is 1. The van der Waals surface area contributed by atoms with Crippen LogP contribution in [-0.4, -0.2) is 20.6 Å². The molecule has 2 heterocycles. The topological polar surface area (TPSA) is 95.5 Å². The van der Waals surface area contributed by atoms with Crippen molar-refractivity contribution in [2.24, 2.45) is 0 Å². The molecule has 1 aliphatic rings. The third kappa shape index (κ3) is 3.67. The van der Waals surface area contributed by atoms with Gasteiger partial charge in [-0.2, -0.15) is 5.26 Å². The molecule has 34 heavy (non-hydrogen) atoms. The van der Waals surface area contributed by atoms with Gasteiger partial charge in [0.2, 0.25) is 5.78 Å². The average molecular weight is 450 g/mol. The number of para-hydroxylation sites is 1. The van der Waals surface area contributed by atoms with Crippen LogP contribution in [0, 0.1) is 11.3 Å². The number of ketones is 1. The normalized spacial score (nSPS) is 13.7. The van der Waals surface area contributed by atoms with E-state index in [2.05, 4.69) is 10.6 Å². The molecule has 1 aromatic heterocycles. The molecule has 0 saturated carbocycles. The van der Waals surface area contributed by atoms with Gasteiger partial charge in [-0.1, -0.05) is 48.5 Å². The van der Waals surface area contributed by atoms with Gasteiger partial charge in [0, 0.05) is 41.6 Å². The number of aryl methyl sites for hydroxylation is 1. The Balaban J connectivity index is 1.69. The maximum absolute atomic E-state index is 13.1. The number of phenolic OH excluding ortho intramolecular Hbond substituents is 2. The van der Waals surface area contributed by atoms with E-state index in [-0.39, 0.29) is 28.6 Å². The van der Waals surface area contributed by atoms with Crippen LogP contribution in [-0.2, 0) is 6.54 Å². The van der Waals surface area contributed by atoms with Crippen LogP contribution >= 0.6 is 0 Å². The fraction of sp³-hybridized carbons (Fsp3) is 0.143. The first-order chi connectivity index (χ1) is 16.6. The van der Waals surface area contributed by atoms with Crippen molar-refractivity contribution in [1.82, 2.24) is 4.57 Å². The lowest BCUT2D eigenvalue weighted by Crippen LogP contribution is -2.02. The summed E-state index contributed by atoms with van der Waals surface area (Å²) < 4.78 is 8.02. The smallest absolute Gasteiger partial charge is 0.235 e. The molecule has 6 heteroatoms. The Hall–Kier alpha value is -4.50. The highest BCUT2D eigenvalue weighted by Gasteiger charge is 2.32. The Morgan fingerprint density at radius 2 is 1.76 bits per heavy atom. The van der Waals surface area contributed by atoms with Gasteiger partial charge in [-0.3, -0.25) is 4.79 Å². The van der Waals surface area contributed by atoms with Gasteiger partial charge in [0.25, 0.3) is 0 Å². The number of rotatable bonds is 6. The standard InChI is InChI=1S/C28H22N2O4/c29-13-7-2-8-14-30-22-12-6-5-11-20(22)21(27(30)18-9-3-1-4-10-18)17-25-28(33)26-23(32)15-19(31)16-24(26)34-25/h1,3-6,9-12,15-17,31-32H,2,7-8,14H2/b25-17+. The molecule has 5 rings (SSSR count). The molecule has 0 bridgehead atoms. The highest BCUT2D eigenvalue weighted by molar-refractivity contribution is 6.17. The van der Waals surface area contributed by atoms with Crippen LogP contribution in [0.3, 0.4) is 0 Å². The third-order valence-corrected chi connectivity index (χ3v) is 5.99. The first kappa shape index (κ1) is 21.4. The molecule has 6 nitrogen and oxygen atoms in total. The molecule has 0 unspecified atom stereocenters. The number of hydrogen-bond donors (Lipinski definition) is 2. The Labute approximate surface area is 196 Å². The van der Waals surface area contributed by atoms with Crippen LogP contribution in [0.2, 0.25) is 0 Å². The summed E-state index contributed by atoms with van der Waals surface area (Å²) in [7, 11) is 0. The minimum absolute atomic E-state index is 0.0468. The van der Waals surface area contributed by atoms with Crippen molar-refractivity contribution in [2.75, 3.05) is 0 Å². The highest BCUT2D eigenvalue weighted by Crippen LogP contribution is 2.42. The van der Waals surface area contributed by atoms with Crippen LogP contribution in [0.25, 0.3) is 28.2 Å². The number of nitriles is 1. The van der Waals surface area contributed by atoms with Crippen LogP contribution < -0.4 is 4.74 Å². The number of benzene rings is 3. The predicted octanol–water partition coefficient (Wildman–Crippen LogP) is 6.03. The maximum Gasteiger partial charge on any atom is 0.235 e. The fourth-order valence-corrected chi connectivity index (χ4v) is 4.50. The third-order valence-electron chi connectivity index (χ3n) is 5.99. The number of unbranched alkanes of at least 4 members (excludes halogenated alkanes) is 2. The largest absolute Gasteiger partial charge is 0.508 e. The molecular weight excluding hydrogens is 428 g/mol. The number of carbonyl (C=O) groups excluding carboxylic acids is 1. The number of carbonyl (C=O) groups is 1. The Bertz CT molecular complexity index is 1480. The molecule has 0 spiro atoms. The van der Waals surface area contributed by atoms with Gasteiger partial charge in [-0.25, -0.2) is 0 Å². The summed E-state index contributed by atoms with van der Waals surface area (Å²) in [5, 5.41) is 29.9. The average Bonchev–Trinajstić information content (AvgIpc) is 3.32. The van der Waals surface area contributed by atoms with Crippen molar-refractivity contribution in [2.45, 2.75) is 25.8 Å². The van der Waals surface area contributed by atoms with Gasteiger partial charge in [0.15, 0.2) is 5.76 Å². The van der Waals surface area contributed by atoms with Crippen LogP contribution in [0.15, 0.2) is 72.5 Å². The second-order valence-corrected chi connectivity index (χ2v) is 8.19. The first-order valence-corrected chi connectivity index (χ1v) is 11.1. The van der Waals surface area contributed by atoms with E-state index in [4.69, 9.17) is 10.00 Å². The zero-order chi connectivity index (χ0) is 23.7. The summed E-state index contributed by atoms with van der Waals surface area (Å²) in [6, 6.07) is 22.6. The molecule has 0 amide bonds. The van der Waals surface area contributed by atoms with Crippen LogP contribution in [0.1, 0.15) is 35.2 Å². The highest BCUT2D eigenvalue weighted by atomic mass is 16.5. The van der Waals surface area contributed by atoms with Gasteiger partial charge in [0.1, 0.15) is 22.8 Å². The maximum atomic E-state index is 13.1. The van der Waals surface area contributed by atoms with E-state index in [1.54, 1.807) is 6.08 Å². The van der Waals surface area contributed by atoms with Gasteiger partial charge in [-0.15, -0.1) is 0 Å². The monoisotopic (exact) mass is 450 g/mol. The molecular formula is C28H22N2O4. The number of ether oxygens (including phenoxy) is 1. The molecule has 3 aromatic carbocycles. The van der Waals surface area contributed by atoms with Gasteiger partial charge < -0.3 is 19.5 Å². The lowest BCUT2D eigenvalue weighted by Gasteiger charge is -2.12. The number of phenols is 2. The second kappa shape index (κ2) is 8.80. The lowest BCUT2D eigenvalue weighted by molar-refractivity contribution is 0.101. The van der Waals surface area contributed by atoms with Gasteiger partial charge >= 0.3 is 0 Å². The van der Waals surface area contributed by atoms with Crippen molar-refractivity contribution in [3.8, 4) is 34.6 Å². The summed E-state index contributed by atoms with van der Waals surface area (Å²) in [4.78, 5) is 13.1. The summed E-state index contributed by atoms with van der Waals surface area (Å²) in [5.74, 6) is -0.705. The number of nitrogens with zero attached hydrogens (tertiary/aromatic N) is 2. The Morgan fingerprint density at radius 3 is 2.56 bits per heavy atom. The Kier molecular flexibility index (Phi) is 5.52. The zero-order valence-electron chi connectivity index (χ0n) is 18.4. The molecule has 168 valence electrons. The molecule has 1 aliphatic heterocycles. The number of allylic oxidation sites excluding steroid dienone is 1. The molecule has 0 atom stereocenters. The fourth-order valence-electron chi connectivity index (χ4n) is 4.50. The van der Waals surface area contributed by atoms with Crippen molar-refractivity contribution < 1.29 is 19.7 Å². The number of aromatic hydroxyl groups is 2. The van der Waals surface area contributed by atoms with E-state index >= 15 is 0 Å². The van der Waals surface area contributed by atoms with Crippen LogP contribution in [0.4, 0.5) is 0 Å². The van der Waals surface area contributed by atoms with E-state index in [0.29, 0.717) is 6.42 Å². The summed E-state index contributed by atoms with van der Waals surface area (Å²) in [6.45, 7) is 0.722. The lowest BCUT2D eigenvalue weighted by atomic mass is 10.0. The number of fused-ring (bicyclic) bond motifs is 2. The van der Waals surface area contributed by atoms with E-state index in [9.17, 15) is 15.0 Å². The summed E-state index contributed by atoms with van der Waals surface area (Å²) in [6.07, 6.45) is 3.87. The zero-order valence-corrected chi connectivity index (χ0v) is 18.4. The Morgan fingerprint density at radius 1 is 1.00 bits per heavy atom. The van der Waals surface area contributed by atoms with Crippen molar-refractivity contribution >= 4 is 22.8 Å². The van der Waals surface area contributed by atoms with E-state index < -0.39 is 5.78 Å². The van der Waals surface area contributed by atoms with E-state index in [1.165, 1.54) is 6.07 Å². The molecule has 4 aromatic rings. The molecule has 0 aliphatic carbocycles.